The summed E-state index contributed by atoms with van der Waals surface area (Å²) < 4.78 is 18.6. The van der Waals surface area contributed by atoms with Crippen LogP contribution in [-0.4, -0.2) is 16.0 Å². The van der Waals surface area contributed by atoms with Crippen molar-refractivity contribution in [2.75, 3.05) is 0 Å². The molecule has 0 amide bonds. The topological polar surface area (TPSA) is 89.7 Å². The second kappa shape index (κ2) is 5.02. The van der Waals surface area contributed by atoms with Crippen LogP contribution in [0, 0.1) is 15.9 Å². The lowest BCUT2D eigenvalue weighted by Crippen LogP contribution is -1.95. The van der Waals surface area contributed by atoms with Gasteiger partial charge in [0.25, 0.3) is 0 Å². The van der Waals surface area contributed by atoms with E-state index in [0.29, 0.717) is 0 Å². The van der Waals surface area contributed by atoms with Crippen molar-refractivity contribution in [3.8, 4) is 10.8 Å². The number of para-hydroxylation sites is 1. The molecule has 0 atom stereocenters. The van der Waals surface area contributed by atoms with Gasteiger partial charge in [0.1, 0.15) is 4.88 Å². The number of carboxylic acid groups (broad SMARTS) is 1. The largest absolute Gasteiger partial charge is 0.477 e. The fraction of sp³-hybridized carbons (Fsp3) is 0. The van der Waals surface area contributed by atoms with Gasteiger partial charge in [-0.2, -0.15) is 0 Å². The number of benzene rings is 1. The summed E-state index contributed by atoms with van der Waals surface area (Å²) in [6.07, 6.45) is 0. The van der Waals surface area contributed by atoms with Gasteiger partial charge in [-0.3, -0.25) is 10.1 Å². The summed E-state index contributed by atoms with van der Waals surface area (Å²) in [7, 11) is 0. The first-order valence-corrected chi connectivity index (χ1v) is 5.74. The molecule has 0 saturated carbocycles. The van der Waals surface area contributed by atoms with E-state index in [1.807, 2.05) is 0 Å². The molecule has 19 heavy (non-hydrogen) atoms. The molecule has 0 saturated heterocycles. The zero-order valence-corrected chi connectivity index (χ0v) is 10.0. The number of aromatic carboxylic acids is 1. The molecule has 0 aliphatic rings. The monoisotopic (exact) mass is 283 g/mol. The lowest BCUT2D eigenvalue weighted by Gasteiger charge is -2.04. The van der Waals surface area contributed by atoms with Crippen molar-refractivity contribution in [3.63, 3.8) is 0 Å². The van der Waals surface area contributed by atoms with E-state index in [1.54, 1.807) is 0 Å². The van der Waals surface area contributed by atoms with Crippen LogP contribution in [0.1, 0.15) is 9.67 Å². The molecule has 0 bridgehead atoms. The fourth-order valence-electron chi connectivity index (χ4n) is 1.33. The highest BCUT2D eigenvalue weighted by molar-refractivity contribution is 7.15. The average molecular weight is 283 g/mol. The van der Waals surface area contributed by atoms with Gasteiger partial charge in [0.2, 0.25) is 5.75 Å². The molecule has 8 heteroatoms. The molecule has 0 aliphatic heterocycles. The quantitative estimate of drug-likeness (QED) is 0.686. The Labute approximate surface area is 109 Å². The molecule has 0 radical (unpaired) electrons. The first kappa shape index (κ1) is 13.0. The van der Waals surface area contributed by atoms with Crippen molar-refractivity contribution in [1.82, 2.24) is 0 Å². The number of hydrogen-bond acceptors (Lipinski definition) is 5. The van der Waals surface area contributed by atoms with E-state index < -0.39 is 28.1 Å². The van der Waals surface area contributed by atoms with Gasteiger partial charge in [-0.25, -0.2) is 9.18 Å². The molecule has 2 aromatic rings. The summed E-state index contributed by atoms with van der Waals surface area (Å²) in [4.78, 5) is 20.6. The maximum Gasteiger partial charge on any atom is 0.345 e. The molecule has 98 valence electrons. The Kier molecular flexibility index (Phi) is 3.43. The maximum absolute atomic E-state index is 13.5. The minimum absolute atomic E-state index is 0.00556. The Morgan fingerprint density at radius 3 is 2.68 bits per heavy atom. The zero-order chi connectivity index (χ0) is 14.0. The minimum atomic E-state index is -1.15. The Morgan fingerprint density at radius 1 is 1.37 bits per heavy atom. The van der Waals surface area contributed by atoms with Crippen LogP contribution in [0.5, 0.6) is 10.8 Å². The van der Waals surface area contributed by atoms with Crippen LogP contribution in [0.4, 0.5) is 10.1 Å². The van der Waals surface area contributed by atoms with Crippen LogP contribution >= 0.6 is 11.3 Å². The van der Waals surface area contributed by atoms with E-state index in [2.05, 4.69) is 0 Å². The van der Waals surface area contributed by atoms with Crippen molar-refractivity contribution in [2.45, 2.75) is 0 Å². The number of nitrogens with zero attached hydrogens (tertiary/aromatic N) is 1. The van der Waals surface area contributed by atoms with Crippen molar-refractivity contribution < 1.29 is 24.0 Å². The molecule has 0 aliphatic carbocycles. The molecule has 0 spiro atoms. The molecular weight excluding hydrogens is 277 g/mol. The smallest absolute Gasteiger partial charge is 0.345 e. The van der Waals surface area contributed by atoms with E-state index in [1.165, 1.54) is 18.2 Å². The summed E-state index contributed by atoms with van der Waals surface area (Å²) >= 11 is 0.754. The summed E-state index contributed by atoms with van der Waals surface area (Å²) in [5.74, 6) is -2.58. The Hall–Kier alpha value is -2.48. The normalized spacial score (nSPS) is 10.2. The number of rotatable bonds is 4. The predicted molar refractivity (Wildman–Crippen MR) is 64.4 cm³/mol. The molecule has 1 aromatic heterocycles. The van der Waals surface area contributed by atoms with Crippen molar-refractivity contribution >= 4 is 23.0 Å². The summed E-state index contributed by atoms with van der Waals surface area (Å²) in [5.41, 5.74) is -0.523. The molecular formula is C11H6FNO5S. The lowest BCUT2D eigenvalue weighted by atomic mass is 10.3. The van der Waals surface area contributed by atoms with Crippen molar-refractivity contribution in [3.05, 3.63) is 51.1 Å². The van der Waals surface area contributed by atoms with Crippen LogP contribution in [0.25, 0.3) is 0 Å². The van der Waals surface area contributed by atoms with Gasteiger partial charge >= 0.3 is 11.7 Å². The third-order valence-corrected chi connectivity index (χ3v) is 3.09. The Bertz CT molecular complexity index is 654. The number of nitro groups is 1. The van der Waals surface area contributed by atoms with Gasteiger partial charge in [-0.1, -0.05) is 17.4 Å². The Balaban J connectivity index is 2.37. The van der Waals surface area contributed by atoms with Gasteiger partial charge < -0.3 is 9.84 Å². The number of nitro benzene ring substituents is 1. The molecule has 2 rings (SSSR count). The van der Waals surface area contributed by atoms with Gasteiger partial charge in [-0.05, 0) is 18.2 Å². The predicted octanol–water partition coefficient (Wildman–Crippen LogP) is 3.29. The lowest BCUT2D eigenvalue weighted by molar-refractivity contribution is -0.385. The molecule has 1 heterocycles. The van der Waals surface area contributed by atoms with Gasteiger partial charge in [0.15, 0.2) is 10.9 Å². The summed E-state index contributed by atoms with van der Waals surface area (Å²) in [5, 5.41) is 19.5. The van der Waals surface area contributed by atoms with Crippen LogP contribution in [0.2, 0.25) is 0 Å². The maximum atomic E-state index is 13.5. The van der Waals surface area contributed by atoms with Crippen LogP contribution in [0.3, 0.4) is 0 Å². The SMILES string of the molecule is O=C(O)c1ccc(Oc2c(F)cccc2[N+](=O)[O-])s1. The number of carbonyl (C=O) groups is 1. The molecule has 1 aromatic carbocycles. The number of thiophene rings is 1. The van der Waals surface area contributed by atoms with Gasteiger partial charge in [-0.15, -0.1) is 0 Å². The summed E-state index contributed by atoms with van der Waals surface area (Å²) in [6, 6.07) is 5.90. The van der Waals surface area contributed by atoms with Gasteiger partial charge in [0.05, 0.1) is 4.92 Å². The van der Waals surface area contributed by atoms with E-state index >= 15 is 0 Å². The second-order valence-corrected chi connectivity index (χ2v) is 4.42. The van der Waals surface area contributed by atoms with Crippen LogP contribution in [-0.2, 0) is 0 Å². The van der Waals surface area contributed by atoms with E-state index in [4.69, 9.17) is 9.84 Å². The Morgan fingerprint density at radius 2 is 2.11 bits per heavy atom. The third-order valence-electron chi connectivity index (χ3n) is 2.14. The minimum Gasteiger partial charge on any atom is -0.477 e. The van der Waals surface area contributed by atoms with E-state index in [9.17, 15) is 19.3 Å². The van der Waals surface area contributed by atoms with E-state index in [0.717, 1.165) is 23.5 Å². The highest BCUT2D eigenvalue weighted by atomic mass is 32.1. The first-order valence-electron chi connectivity index (χ1n) is 4.93. The molecule has 0 fully saturated rings. The van der Waals surface area contributed by atoms with Gasteiger partial charge in [0, 0.05) is 6.07 Å². The summed E-state index contributed by atoms with van der Waals surface area (Å²) in [6.45, 7) is 0. The third kappa shape index (κ3) is 2.68. The van der Waals surface area contributed by atoms with Crippen LogP contribution in [0.15, 0.2) is 30.3 Å². The fourth-order valence-corrected chi connectivity index (χ4v) is 2.03. The number of carboxylic acids is 1. The number of ether oxygens (including phenoxy) is 1. The second-order valence-electron chi connectivity index (χ2n) is 3.37. The van der Waals surface area contributed by atoms with Crippen molar-refractivity contribution in [2.24, 2.45) is 0 Å². The van der Waals surface area contributed by atoms with Crippen molar-refractivity contribution in [1.29, 1.82) is 0 Å². The standard InChI is InChI=1S/C11H6FNO5S/c12-6-2-1-3-7(13(16)17)10(6)18-9-5-4-8(19-9)11(14)15/h1-5H,(H,14,15). The number of hydrogen-bond donors (Lipinski definition) is 1. The highest BCUT2D eigenvalue weighted by Gasteiger charge is 2.21. The van der Waals surface area contributed by atoms with E-state index in [-0.39, 0.29) is 9.94 Å². The number of halogens is 1. The first-order chi connectivity index (χ1) is 8.99. The molecule has 6 nitrogen and oxygen atoms in total. The zero-order valence-electron chi connectivity index (χ0n) is 9.20. The molecule has 0 unspecified atom stereocenters. The average Bonchev–Trinajstić information content (AvgIpc) is 2.80. The van der Waals surface area contributed by atoms with Crippen LogP contribution < -0.4 is 4.74 Å². The molecule has 1 N–H and O–H groups in total. The highest BCUT2D eigenvalue weighted by Crippen LogP contribution is 2.36.